The smallest absolute Gasteiger partial charge is 0.119 e. The standard InChI is InChI=1S/C16H27NO/c1-6-11-17-12-13(2)18-15-9-7-14(8-10-15)16(3,4)5/h7-10,13,17H,6,11-12H2,1-5H3. The van der Waals surface area contributed by atoms with Crippen molar-refractivity contribution in [3.8, 4) is 5.75 Å². The van der Waals surface area contributed by atoms with Crippen LogP contribution in [-0.2, 0) is 5.41 Å². The van der Waals surface area contributed by atoms with Crippen molar-refractivity contribution in [2.24, 2.45) is 0 Å². The van der Waals surface area contributed by atoms with E-state index in [-0.39, 0.29) is 11.5 Å². The van der Waals surface area contributed by atoms with Crippen LogP contribution in [0, 0.1) is 0 Å². The molecule has 0 bridgehead atoms. The van der Waals surface area contributed by atoms with E-state index in [4.69, 9.17) is 4.74 Å². The van der Waals surface area contributed by atoms with Crippen molar-refractivity contribution < 1.29 is 4.74 Å². The van der Waals surface area contributed by atoms with Gasteiger partial charge in [0.1, 0.15) is 11.9 Å². The number of hydrogen-bond donors (Lipinski definition) is 1. The van der Waals surface area contributed by atoms with E-state index in [0.717, 1.165) is 25.3 Å². The second-order valence-electron chi connectivity index (χ2n) is 5.91. The van der Waals surface area contributed by atoms with Crippen LogP contribution in [0.25, 0.3) is 0 Å². The van der Waals surface area contributed by atoms with Gasteiger partial charge in [0.25, 0.3) is 0 Å². The second kappa shape index (κ2) is 6.79. The number of ether oxygens (including phenoxy) is 1. The van der Waals surface area contributed by atoms with Crippen molar-refractivity contribution >= 4 is 0 Å². The average Bonchev–Trinajstić information content (AvgIpc) is 2.29. The van der Waals surface area contributed by atoms with Crippen LogP contribution in [0.1, 0.15) is 46.6 Å². The first-order chi connectivity index (χ1) is 8.43. The summed E-state index contributed by atoms with van der Waals surface area (Å²) in [6.45, 7) is 12.9. The van der Waals surface area contributed by atoms with Crippen molar-refractivity contribution in [3.05, 3.63) is 29.8 Å². The molecule has 2 heteroatoms. The topological polar surface area (TPSA) is 21.3 Å². The van der Waals surface area contributed by atoms with Gasteiger partial charge in [0.15, 0.2) is 0 Å². The van der Waals surface area contributed by atoms with Gasteiger partial charge in [-0.15, -0.1) is 0 Å². The Morgan fingerprint density at radius 2 is 1.78 bits per heavy atom. The Hall–Kier alpha value is -1.02. The molecular weight excluding hydrogens is 222 g/mol. The number of benzene rings is 1. The van der Waals surface area contributed by atoms with Gasteiger partial charge in [-0.25, -0.2) is 0 Å². The molecule has 0 amide bonds. The Morgan fingerprint density at radius 3 is 2.28 bits per heavy atom. The largest absolute Gasteiger partial charge is 0.489 e. The van der Waals surface area contributed by atoms with Gasteiger partial charge >= 0.3 is 0 Å². The predicted molar refractivity (Wildman–Crippen MR) is 78.4 cm³/mol. The fraction of sp³-hybridized carbons (Fsp3) is 0.625. The fourth-order valence-electron chi connectivity index (χ4n) is 1.79. The van der Waals surface area contributed by atoms with Gasteiger partial charge in [-0.05, 0) is 43.0 Å². The lowest BCUT2D eigenvalue weighted by molar-refractivity contribution is 0.217. The van der Waals surface area contributed by atoms with E-state index in [0.29, 0.717) is 0 Å². The molecule has 0 aliphatic rings. The predicted octanol–water partition coefficient (Wildman–Crippen LogP) is 3.75. The first-order valence-corrected chi connectivity index (χ1v) is 6.91. The molecule has 0 aliphatic heterocycles. The zero-order valence-electron chi connectivity index (χ0n) is 12.4. The van der Waals surface area contributed by atoms with E-state index >= 15 is 0 Å². The van der Waals surface area contributed by atoms with Crippen LogP contribution in [0.2, 0.25) is 0 Å². The van der Waals surface area contributed by atoms with E-state index in [1.807, 2.05) is 0 Å². The van der Waals surface area contributed by atoms with Gasteiger partial charge in [-0.2, -0.15) is 0 Å². The van der Waals surface area contributed by atoms with E-state index in [1.54, 1.807) is 0 Å². The van der Waals surface area contributed by atoms with Crippen LogP contribution in [-0.4, -0.2) is 19.2 Å². The van der Waals surface area contributed by atoms with Crippen LogP contribution < -0.4 is 10.1 Å². The van der Waals surface area contributed by atoms with Gasteiger partial charge in [0.2, 0.25) is 0 Å². The summed E-state index contributed by atoms with van der Waals surface area (Å²) < 4.78 is 5.87. The Morgan fingerprint density at radius 1 is 1.17 bits per heavy atom. The minimum atomic E-state index is 0.201. The molecule has 0 saturated carbocycles. The first-order valence-electron chi connectivity index (χ1n) is 6.91. The number of rotatable bonds is 6. The third kappa shape index (κ3) is 5.09. The third-order valence-electron chi connectivity index (χ3n) is 2.92. The van der Waals surface area contributed by atoms with Crippen LogP contribution in [0.4, 0.5) is 0 Å². The van der Waals surface area contributed by atoms with E-state index < -0.39 is 0 Å². The highest BCUT2D eigenvalue weighted by Crippen LogP contribution is 2.24. The molecule has 1 atom stereocenters. The number of nitrogens with one attached hydrogen (secondary N) is 1. The summed E-state index contributed by atoms with van der Waals surface area (Å²) in [4.78, 5) is 0. The molecule has 0 fully saturated rings. The lowest BCUT2D eigenvalue weighted by Gasteiger charge is -2.20. The van der Waals surface area contributed by atoms with Crippen molar-refractivity contribution in [1.82, 2.24) is 5.32 Å². The monoisotopic (exact) mass is 249 g/mol. The molecule has 0 heterocycles. The molecule has 1 aromatic carbocycles. The summed E-state index contributed by atoms with van der Waals surface area (Å²) in [5, 5.41) is 3.37. The molecule has 102 valence electrons. The first kappa shape index (κ1) is 15.0. The highest BCUT2D eigenvalue weighted by atomic mass is 16.5. The van der Waals surface area contributed by atoms with E-state index in [9.17, 15) is 0 Å². The molecule has 1 N–H and O–H groups in total. The van der Waals surface area contributed by atoms with Gasteiger partial charge < -0.3 is 10.1 Å². The van der Waals surface area contributed by atoms with Crippen molar-refractivity contribution in [3.63, 3.8) is 0 Å². The maximum atomic E-state index is 5.87. The quantitative estimate of drug-likeness (QED) is 0.775. The maximum Gasteiger partial charge on any atom is 0.119 e. The maximum absolute atomic E-state index is 5.87. The molecule has 0 radical (unpaired) electrons. The molecular formula is C16H27NO. The zero-order chi connectivity index (χ0) is 13.6. The van der Waals surface area contributed by atoms with E-state index in [2.05, 4.69) is 64.2 Å². The average molecular weight is 249 g/mol. The summed E-state index contributed by atoms with van der Waals surface area (Å²) in [7, 11) is 0. The third-order valence-corrected chi connectivity index (χ3v) is 2.92. The SMILES string of the molecule is CCCNCC(C)Oc1ccc(C(C)(C)C)cc1. The number of hydrogen-bond acceptors (Lipinski definition) is 2. The summed E-state index contributed by atoms with van der Waals surface area (Å²) in [5.41, 5.74) is 1.54. The van der Waals surface area contributed by atoms with Gasteiger partial charge in [0.05, 0.1) is 0 Å². The van der Waals surface area contributed by atoms with Gasteiger partial charge in [-0.1, -0.05) is 39.8 Å². The molecule has 0 spiro atoms. The van der Waals surface area contributed by atoms with Crippen LogP contribution in [0.3, 0.4) is 0 Å². The molecule has 0 saturated heterocycles. The molecule has 1 aromatic rings. The summed E-state index contributed by atoms with van der Waals surface area (Å²) in [6, 6.07) is 8.44. The van der Waals surface area contributed by atoms with Gasteiger partial charge in [0, 0.05) is 6.54 Å². The summed E-state index contributed by atoms with van der Waals surface area (Å²) in [5.74, 6) is 0.953. The van der Waals surface area contributed by atoms with Crippen LogP contribution in [0.15, 0.2) is 24.3 Å². The molecule has 2 nitrogen and oxygen atoms in total. The molecule has 1 unspecified atom stereocenters. The lowest BCUT2D eigenvalue weighted by Crippen LogP contribution is -2.29. The second-order valence-corrected chi connectivity index (χ2v) is 5.91. The van der Waals surface area contributed by atoms with E-state index in [1.165, 1.54) is 5.56 Å². The Bertz CT molecular complexity index is 337. The highest BCUT2D eigenvalue weighted by Gasteiger charge is 2.13. The van der Waals surface area contributed by atoms with Crippen LogP contribution >= 0.6 is 0 Å². The highest BCUT2D eigenvalue weighted by molar-refractivity contribution is 5.31. The molecule has 18 heavy (non-hydrogen) atoms. The molecule has 0 aliphatic carbocycles. The van der Waals surface area contributed by atoms with Gasteiger partial charge in [-0.3, -0.25) is 0 Å². The van der Waals surface area contributed by atoms with Crippen LogP contribution in [0.5, 0.6) is 5.75 Å². The zero-order valence-corrected chi connectivity index (χ0v) is 12.4. The summed E-state index contributed by atoms with van der Waals surface area (Å²) in [6.07, 6.45) is 1.37. The fourth-order valence-corrected chi connectivity index (χ4v) is 1.79. The van der Waals surface area contributed by atoms with Crippen molar-refractivity contribution in [1.29, 1.82) is 0 Å². The van der Waals surface area contributed by atoms with Crippen molar-refractivity contribution in [2.45, 2.75) is 52.6 Å². The normalized spacial score (nSPS) is 13.4. The minimum absolute atomic E-state index is 0.201. The minimum Gasteiger partial charge on any atom is -0.489 e. The lowest BCUT2D eigenvalue weighted by atomic mass is 9.87. The Labute approximate surface area is 112 Å². The molecule has 0 aromatic heterocycles. The van der Waals surface area contributed by atoms with Crippen molar-refractivity contribution in [2.75, 3.05) is 13.1 Å². The summed E-state index contributed by atoms with van der Waals surface area (Å²) >= 11 is 0. The molecule has 1 rings (SSSR count). The Balaban J connectivity index is 2.48. The Kier molecular flexibility index (Phi) is 5.67.